The quantitative estimate of drug-likeness (QED) is 0.854. The Hall–Kier alpha value is -2.21. The smallest absolute Gasteiger partial charge is 0.253 e. The summed E-state index contributed by atoms with van der Waals surface area (Å²) in [5, 5.41) is 2.01. The van der Waals surface area contributed by atoms with E-state index in [9.17, 15) is 14.0 Å². The van der Waals surface area contributed by atoms with Crippen LogP contribution in [0.25, 0.3) is 0 Å². The van der Waals surface area contributed by atoms with Crippen LogP contribution in [-0.2, 0) is 11.2 Å². The molecule has 0 unspecified atom stereocenters. The molecule has 4 nitrogen and oxygen atoms in total. The molecule has 1 saturated heterocycles. The van der Waals surface area contributed by atoms with Gasteiger partial charge in [-0.3, -0.25) is 9.59 Å². The molecule has 0 spiro atoms. The molecule has 2 amide bonds. The lowest BCUT2D eigenvalue weighted by atomic mass is 10.1. The maximum absolute atomic E-state index is 12.9. The van der Waals surface area contributed by atoms with Crippen LogP contribution in [0, 0.1) is 5.82 Å². The first kappa shape index (κ1) is 16.6. The first-order chi connectivity index (χ1) is 11.6. The monoisotopic (exact) mass is 346 g/mol. The Morgan fingerprint density at radius 3 is 2.29 bits per heavy atom. The second-order valence-electron chi connectivity index (χ2n) is 5.76. The van der Waals surface area contributed by atoms with Crippen molar-refractivity contribution >= 4 is 23.2 Å². The highest BCUT2D eigenvalue weighted by Gasteiger charge is 2.24. The zero-order valence-electron chi connectivity index (χ0n) is 13.3. The van der Waals surface area contributed by atoms with Gasteiger partial charge < -0.3 is 9.80 Å². The Kier molecular flexibility index (Phi) is 5.25. The fourth-order valence-corrected chi connectivity index (χ4v) is 3.49. The van der Waals surface area contributed by atoms with E-state index in [1.54, 1.807) is 16.2 Å². The third kappa shape index (κ3) is 4.00. The molecule has 0 aliphatic carbocycles. The van der Waals surface area contributed by atoms with Gasteiger partial charge >= 0.3 is 0 Å². The molecule has 1 aliphatic heterocycles. The number of hydrogen-bond donors (Lipinski definition) is 0. The van der Waals surface area contributed by atoms with Gasteiger partial charge in [-0.2, -0.15) is 0 Å². The van der Waals surface area contributed by atoms with Gasteiger partial charge in [0.1, 0.15) is 5.82 Å². The van der Waals surface area contributed by atoms with Crippen molar-refractivity contribution in [2.45, 2.75) is 12.8 Å². The van der Waals surface area contributed by atoms with Crippen molar-refractivity contribution in [2.24, 2.45) is 0 Å². The van der Waals surface area contributed by atoms with E-state index < -0.39 is 0 Å². The molecule has 2 aromatic rings. The molecule has 0 bridgehead atoms. The van der Waals surface area contributed by atoms with Gasteiger partial charge in [0.15, 0.2) is 0 Å². The molecule has 2 heterocycles. The van der Waals surface area contributed by atoms with Gasteiger partial charge in [-0.1, -0.05) is 6.07 Å². The Labute approximate surface area is 144 Å². The van der Waals surface area contributed by atoms with E-state index in [1.807, 2.05) is 22.4 Å². The average Bonchev–Trinajstić information content (AvgIpc) is 3.13. The van der Waals surface area contributed by atoms with E-state index in [0.29, 0.717) is 38.2 Å². The van der Waals surface area contributed by atoms with Crippen LogP contribution in [0.15, 0.2) is 41.8 Å². The van der Waals surface area contributed by atoms with E-state index >= 15 is 0 Å². The summed E-state index contributed by atoms with van der Waals surface area (Å²) in [5.41, 5.74) is 0.480. The van der Waals surface area contributed by atoms with Crippen molar-refractivity contribution in [1.29, 1.82) is 0 Å². The van der Waals surface area contributed by atoms with Gasteiger partial charge in [0.25, 0.3) is 5.91 Å². The second kappa shape index (κ2) is 7.57. The summed E-state index contributed by atoms with van der Waals surface area (Å²) in [5.74, 6) is -0.328. The number of carbonyl (C=O) groups excluding carboxylic acids is 2. The fourth-order valence-electron chi connectivity index (χ4n) is 2.78. The number of nitrogens with zero attached hydrogens (tertiary/aromatic N) is 2. The van der Waals surface area contributed by atoms with Crippen LogP contribution in [-0.4, -0.2) is 47.8 Å². The number of benzene rings is 1. The highest BCUT2D eigenvalue weighted by atomic mass is 32.1. The van der Waals surface area contributed by atoms with Gasteiger partial charge in [0, 0.05) is 43.0 Å². The Morgan fingerprint density at radius 1 is 1.00 bits per heavy atom. The second-order valence-corrected chi connectivity index (χ2v) is 6.79. The summed E-state index contributed by atoms with van der Waals surface area (Å²) in [6, 6.07) is 9.60. The predicted octanol–water partition coefficient (Wildman–Crippen LogP) is 2.80. The van der Waals surface area contributed by atoms with Crippen molar-refractivity contribution in [2.75, 3.05) is 26.2 Å². The van der Waals surface area contributed by atoms with E-state index in [4.69, 9.17) is 0 Å². The van der Waals surface area contributed by atoms with Crippen LogP contribution in [0.5, 0.6) is 0 Å². The molecule has 0 saturated carbocycles. The molecule has 0 N–H and O–H groups in total. The number of aryl methyl sites for hydroxylation is 1. The Bertz CT molecular complexity index is 692. The van der Waals surface area contributed by atoms with Crippen molar-refractivity contribution in [3.8, 4) is 0 Å². The van der Waals surface area contributed by atoms with Crippen LogP contribution in [0.1, 0.15) is 21.7 Å². The molecule has 6 heteroatoms. The number of hydrogen-bond acceptors (Lipinski definition) is 3. The lowest BCUT2D eigenvalue weighted by molar-refractivity contribution is -0.132. The van der Waals surface area contributed by atoms with Crippen LogP contribution < -0.4 is 0 Å². The number of carbonyl (C=O) groups is 2. The number of thiophene rings is 1. The first-order valence-corrected chi connectivity index (χ1v) is 8.86. The van der Waals surface area contributed by atoms with Gasteiger partial charge in [-0.15, -0.1) is 11.3 Å². The third-order valence-electron chi connectivity index (χ3n) is 4.18. The third-order valence-corrected chi connectivity index (χ3v) is 5.11. The van der Waals surface area contributed by atoms with E-state index in [2.05, 4.69) is 0 Å². The fraction of sp³-hybridized carbons (Fsp3) is 0.333. The van der Waals surface area contributed by atoms with E-state index in [-0.39, 0.29) is 17.6 Å². The van der Waals surface area contributed by atoms with Crippen molar-refractivity contribution in [3.63, 3.8) is 0 Å². The Balaban J connectivity index is 1.49. The maximum Gasteiger partial charge on any atom is 0.253 e. The normalized spacial score (nSPS) is 14.7. The molecule has 1 aromatic heterocycles. The van der Waals surface area contributed by atoms with Crippen LogP contribution in [0.2, 0.25) is 0 Å². The lowest BCUT2D eigenvalue weighted by Crippen LogP contribution is -2.50. The Morgan fingerprint density at radius 2 is 1.67 bits per heavy atom. The number of piperazine rings is 1. The molecule has 0 atom stereocenters. The highest BCUT2D eigenvalue weighted by Crippen LogP contribution is 2.14. The summed E-state index contributed by atoms with van der Waals surface area (Å²) in [7, 11) is 0. The zero-order chi connectivity index (χ0) is 16.9. The van der Waals surface area contributed by atoms with Crippen LogP contribution in [0.3, 0.4) is 0 Å². The summed E-state index contributed by atoms with van der Waals surface area (Å²) in [6.07, 6.45) is 1.28. The summed E-state index contributed by atoms with van der Waals surface area (Å²) >= 11 is 1.66. The van der Waals surface area contributed by atoms with Gasteiger partial charge in [0.2, 0.25) is 5.91 Å². The lowest BCUT2D eigenvalue weighted by Gasteiger charge is -2.35. The minimum absolute atomic E-state index is 0.110. The molecule has 3 rings (SSSR count). The molecular formula is C18H19FN2O2S. The van der Waals surface area contributed by atoms with E-state index in [0.717, 1.165) is 6.42 Å². The predicted molar refractivity (Wildman–Crippen MR) is 91.5 cm³/mol. The molecular weight excluding hydrogens is 327 g/mol. The number of halogens is 1. The van der Waals surface area contributed by atoms with Crippen molar-refractivity contribution in [1.82, 2.24) is 9.80 Å². The zero-order valence-corrected chi connectivity index (χ0v) is 14.1. The summed E-state index contributed by atoms with van der Waals surface area (Å²) in [4.78, 5) is 29.4. The number of rotatable bonds is 4. The SMILES string of the molecule is O=C(CCc1cccs1)N1CCN(C(=O)c2ccc(F)cc2)CC1. The molecule has 126 valence electrons. The standard InChI is InChI=1S/C18H19FN2O2S/c19-15-5-3-14(4-6-15)18(23)21-11-9-20(10-12-21)17(22)8-7-16-2-1-13-24-16/h1-6,13H,7-12H2. The van der Waals surface area contributed by atoms with E-state index in [1.165, 1.54) is 29.1 Å². The molecule has 1 aromatic carbocycles. The van der Waals surface area contributed by atoms with Gasteiger partial charge in [-0.05, 0) is 42.1 Å². The molecule has 0 radical (unpaired) electrons. The maximum atomic E-state index is 12.9. The average molecular weight is 346 g/mol. The topological polar surface area (TPSA) is 40.6 Å². The van der Waals surface area contributed by atoms with Crippen molar-refractivity contribution < 1.29 is 14.0 Å². The summed E-state index contributed by atoms with van der Waals surface area (Å²) < 4.78 is 12.9. The highest BCUT2D eigenvalue weighted by molar-refractivity contribution is 7.09. The van der Waals surface area contributed by atoms with Gasteiger partial charge in [-0.25, -0.2) is 4.39 Å². The molecule has 24 heavy (non-hydrogen) atoms. The van der Waals surface area contributed by atoms with Crippen molar-refractivity contribution in [3.05, 3.63) is 58.0 Å². The molecule has 1 fully saturated rings. The first-order valence-electron chi connectivity index (χ1n) is 7.98. The minimum Gasteiger partial charge on any atom is -0.339 e. The molecule has 1 aliphatic rings. The van der Waals surface area contributed by atoms with Crippen LogP contribution >= 0.6 is 11.3 Å². The summed E-state index contributed by atoms with van der Waals surface area (Å²) in [6.45, 7) is 2.13. The minimum atomic E-state index is -0.354. The van der Waals surface area contributed by atoms with Crippen LogP contribution in [0.4, 0.5) is 4.39 Å². The largest absolute Gasteiger partial charge is 0.339 e. The number of amides is 2. The van der Waals surface area contributed by atoms with Gasteiger partial charge in [0.05, 0.1) is 0 Å².